The highest BCUT2D eigenvalue weighted by Crippen LogP contribution is 2.36. The molecule has 24 heavy (non-hydrogen) atoms. The molecule has 0 aromatic heterocycles. The lowest BCUT2D eigenvalue weighted by atomic mass is 9.78. The zero-order chi connectivity index (χ0) is 15.6. The van der Waals surface area contributed by atoms with E-state index in [-0.39, 0.29) is 36.3 Å². The van der Waals surface area contributed by atoms with Gasteiger partial charge < -0.3 is 15.5 Å². The van der Waals surface area contributed by atoms with Gasteiger partial charge in [-0.2, -0.15) is 0 Å². The maximum absolute atomic E-state index is 12.9. The van der Waals surface area contributed by atoms with Crippen LogP contribution in [-0.2, 0) is 11.2 Å². The fourth-order valence-corrected chi connectivity index (χ4v) is 4.11. The van der Waals surface area contributed by atoms with Crippen LogP contribution >= 0.6 is 24.8 Å². The molecule has 3 rings (SSSR count). The number of anilines is 1. The first-order valence-electron chi connectivity index (χ1n) is 8.43. The van der Waals surface area contributed by atoms with Gasteiger partial charge in [0, 0.05) is 25.3 Å². The summed E-state index contributed by atoms with van der Waals surface area (Å²) in [6.45, 7) is 2.88. The van der Waals surface area contributed by atoms with Crippen LogP contribution in [0.2, 0.25) is 0 Å². The number of carbonyl (C=O) groups is 1. The van der Waals surface area contributed by atoms with Crippen LogP contribution in [-0.4, -0.2) is 47.9 Å². The SMILES string of the molecule is CN1CCN(C(=O)Cc2ccc(N)cc2)C2(CCCCC2)C1.Cl.Cl. The van der Waals surface area contributed by atoms with Gasteiger partial charge in [-0.25, -0.2) is 0 Å². The van der Waals surface area contributed by atoms with E-state index in [1.54, 1.807) is 0 Å². The number of likely N-dealkylation sites (N-methyl/N-ethyl adjacent to an activating group) is 1. The number of amides is 1. The number of rotatable bonds is 2. The van der Waals surface area contributed by atoms with E-state index in [1.165, 1.54) is 19.3 Å². The Morgan fingerprint density at radius 2 is 1.71 bits per heavy atom. The maximum Gasteiger partial charge on any atom is 0.227 e. The van der Waals surface area contributed by atoms with E-state index in [4.69, 9.17) is 5.73 Å². The fraction of sp³-hybridized carbons (Fsp3) is 0.611. The molecule has 2 aliphatic rings. The number of nitrogen functional groups attached to an aromatic ring is 1. The molecule has 1 heterocycles. The summed E-state index contributed by atoms with van der Waals surface area (Å²) in [5.74, 6) is 0.278. The number of halogens is 2. The molecule has 1 aliphatic carbocycles. The molecule has 1 spiro atoms. The third-order valence-electron chi connectivity index (χ3n) is 5.26. The Bertz CT molecular complexity index is 530. The Kier molecular flexibility index (Phi) is 7.84. The molecule has 6 heteroatoms. The normalized spacial score (nSPS) is 20.1. The van der Waals surface area contributed by atoms with Gasteiger partial charge in [0.2, 0.25) is 5.91 Å². The molecule has 4 nitrogen and oxygen atoms in total. The zero-order valence-corrected chi connectivity index (χ0v) is 16.0. The van der Waals surface area contributed by atoms with Crippen molar-refractivity contribution in [2.24, 2.45) is 0 Å². The van der Waals surface area contributed by atoms with E-state index in [0.29, 0.717) is 6.42 Å². The smallest absolute Gasteiger partial charge is 0.227 e. The second kappa shape index (κ2) is 8.93. The van der Waals surface area contributed by atoms with Crippen LogP contribution in [0.5, 0.6) is 0 Å². The van der Waals surface area contributed by atoms with E-state index < -0.39 is 0 Å². The van der Waals surface area contributed by atoms with Crippen LogP contribution < -0.4 is 5.73 Å². The monoisotopic (exact) mass is 373 g/mol. The average Bonchev–Trinajstić information content (AvgIpc) is 2.50. The molecule has 1 saturated heterocycles. The van der Waals surface area contributed by atoms with Gasteiger partial charge >= 0.3 is 0 Å². The van der Waals surface area contributed by atoms with Crippen LogP contribution in [0.15, 0.2) is 24.3 Å². The summed E-state index contributed by atoms with van der Waals surface area (Å²) in [4.78, 5) is 17.5. The molecular formula is C18H29Cl2N3O. The molecule has 0 bridgehead atoms. The first-order chi connectivity index (χ1) is 10.6. The molecule has 0 atom stereocenters. The molecule has 1 aliphatic heterocycles. The lowest BCUT2D eigenvalue weighted by Crippen LogP contribution is -2.64. The van der Waals surface area contributed by atoms with Gasteiger partial charge in [-0.1, -0.05) is 31.4 Å². The van der Waals surface area contributed by atoms with E-state index in [2.05, 4.69) is 16.8 Å². The molecule has 0 radical (unpaired) electrons. The first-order valence-corrected chi connectivity index (χ1v) is 8.43. The summed E-state index contributed by atoms with van der Waals surface area (Å²) >= 11 is 0. The molecule has 2 fully saturated rings. The third-order valence-corrected chi connectivity index (χ3v) is 5.26. The van der Waals surface area contributed by atoms with Crippen molar-refractivity contribution in [2.45, 2.75) is 44.1 Å². The zero-order valence-electron chi connectivity index (χ0n) is 14.4. The van der Waals surface area contributed by atoms with Crippen molar-refractivity contribution in [2.75, 3.05) is 32.4 Å². The van der Waals surface area contributed by atoms with Crippen LogP contribution in [0.4, 0.5) is 5.69 Å². The van der Waals surface area contributed by atoms with E-state index in [1.807, 2.05) is 24.3 Å². The van der Waals surface area contributed by atoms with Gasteiger partial charge in [0.25, 0.3) is 0 Å². The van der Waals surface area contributed by atoms with Crippen molar-refractivity contribution >= 4 is 36.4 Å². The van der Waals surface area contributed by atoms with Crippen LogP contribution in [0.25, 0.3) is 0 Å². The molecule has 1 amide bonds. The largest absolute Gasteiger partial charge is 0.399 e. The predicted molar refractivity (Wildman–Crippen MR) is 104 cm³/mol. The Balaban J connectivity index is 0.00000144. The number of piperazine rings is 1. The lowest BCUT2D eigenvalue weighted by molar-refractivity contribution is -0.143. The second-order valence-corrected chi connectivity index (χ2v) is 6.99. The number of nitrogens with two attached hydrogens (primary N) is 1. The minimum atomic E-state index is 0. The van der Waals surface area contributed by atoms with Gasteiger partial charge in [-0.15, -0.1) is 24.8 Å². The van der Waals surface area contributed by atoms with Crippen molar-refractivity contribution in [3.05, 3.63) is 29.8 Å². The van der Waals surface area contributed by atoms with Crippen molar-refractivity contribution in [1.29, 1.82) is 0 Å². The highest BCUT2D eigenvalue weighted by molar-refractivity contribution is 5.85. The van der Waals surface area contributed by atoms with Gasteiger partial charge in [0.1, 0.15) is 0 Å². The Labute approximate surface area is 157 Å². The van der Waals surface area contributed by atoms with Crippen molar-refractivity contribution < 1.29 is 4.79 Å². The summed E-state index contributed by atoms with van der Waals surface area (Å²) in [5.41, 5.74) is 7.61. The van der Waals surface area contributed by atoms with E-state index >= 15 is 0 Å². The van der Waals surface area contributed by atoms with Crippen LogP contribution in [0.1, 0.15) is 37.7 Å². The topological polar surface area (TPSA) is 49.6 Å². The fourth-order valence-electron chi connectivity index (χ4n) is 4.11. The quantitative estimate of drug-likeness (QED) is 0.810. The first kappa shape index (κ1) is 21.1. The Hall–Kier alpha value is -0.970. The minimum absolute atomic E-state index is 0. The maximum atomic E-state index is 12.9. The summed E-state index contributed by atoms with van der Waals surface area (Å²) in [5, 5.41) is 0. The standard InChI is InChI=1S/C18H27N3O.2ClH/c1-20-11-12-21(18(14-20)9-3-2-4-10-18)17(22)13-15-5-7-16(19)8-6-15;;/h5-8H,2-4,9-14,19H2,1H3;2*1H. The predicted octanol–water partition coefficient (Wildman–Crippen LogP) is 3.13. The average molecular weight is 374 g/mol. The van der Waals surface area contributed by atoms with Gasteiger partial charge in [-0.3, -0.25) is 4.79 Å². The molecule has 136 valence electrons. The second-order valence-electron chi connectivity index (χ2n) is 6.99. The van der Waals surface area contributed by atoms with Gasteiger partial charge in [0.05, 0.1) is 12.0 Å². The molecule has 1 aromatic rings. The van der Waals surface area contributed by atoms with Crippen LogP contribution in [0, 0.1) is 0 Å². The Morgan fingerprint density at radius 1 is 1.08 bits per heavy atom. The summed E-state index contributed by atoms with van der Waals surface area (Å²) in [6, 6.07) is 7.69. The summed E-state index contributed by atoms with van der Waals surface area (Å²) in [6.07, 6.45) is 6.62. The van der Waals surface area contributed by atoms with E-state index in [0.717, 1.165) is 43.7 Å². The van der Waals surface area contributed by atoms with Gasteiger partial charge in [0.15, 0.2) is 0 Å². The number of benzene rings is 1. The molecule has 0 unspecified atom stereocenters. The summed E-state index contributed by atoms with van der Waals surface area (Å²) < 4.78 is 0. The minimum Gasteiger partial charge on any atom is -0.399 e. The highest BCUT2D eigenvalue weighted by atomic mass is 35.5. The number of hydrogen-bond acceptors (Lipinski definition) is 3. The number of carbonyl (C=O) groups excluding carboxylic acids is 1. The molecule has 1 saturated carbocycles. The Morgan fingerprint density at radius 3 is 2.33 bits per heavy atom. The summed E-state index contributed by atoms with van der Waals surface area (Å²) in [7, 11) is 2.18. The molecular weight excluding hydrogens is 345 g/mol. The highest BCUT2D eigenvalue weighted by Gasteiger charge is 2.43. The van der Waals surface area contributed by atoms with Crippen molar-refractivity contribution in [1.82, 2.24) is 9.80 Å². The van der Waals surface area contributed by atoms with Crippen LogP contribution in [0.3, 0.4) is 0 Å². The molecule has 2 N–H and O–H groups in total. The molecule has 1 aromatic carbocycles. The number of nitrogens with zero attached hydrogens (tertiary/aromatic N) is 2. The van der Waals surface area contributed by atoms with E-state index in [9.17, 15) is 4.79 Å². The van der Waals surface area contributed by atoms with Gasteiger partial charge in [-0.05, 0) is 37.6 Å². The number of hydrogen-bond donors (Lipinski definition) is 1. The third kappa shape index (κ3) is 4.56. The van der Waals surface area contributed by atoms with Crippen molar-refractivity contribution in [3.8, 4) is 0 Å². The van der Waals surface area contributed by atoms with Crippen molar-refractivity contribution in [3.63, 3.8) is 0 Å². The lowest BCUT2D eigenvalue weighted by Gasteiger charge is -2.52.